The number of benzene rings is 1. The van der Waals surface area contributed by atoms with Gasteiger partial charge in [0.2, 0.25) is 0 Å². The first-order chi connectivity index (χ1) is 11.3. The molecule has 126 valence electrons. The zero-order chi connectivity index (χ0) is 17.1. The Balaban J connectivity index is 1.64. The van der Waals surface area contributed by atoms with Gasteiger partial charge in [0.1, 0.15) is 13.8 Å². The van der Waals surface area contributed by atoms with Crippen molar-refractivity contribution < 1.29 is 9.16 Å². The molecule has 4 rings (SSSR count). The maximum Gasteiger partial charge on any atom is 0.188 e. The molecule has 2 aliphatic carbocycles. The molecule has 1 aliphatic heterocycles. The number of allylic oxidation sites excluding steroid dienone is 4. The van der Waals surface area contributed by atoms with Gasteiger partial charge in [-0.25, -0.2) is 0 Å². The summed E-state index contributed by atoms with van der Waals surface area (Å²) in [7, 11) is -2.73. The summed E-state index contributed by atoms with van der Waals surface area (Å²) in [6.07, 6.45) is 6.47. The summed E-state index contributed by atoms with van der Waals surface area (Å²) in [5.74, 6) is 0.996. The van der Waals surface area contributed by atoms with Crippen molar-refractivity contribution >= 4 is 27.2 Å². The second-order valence-corrected chi connectivity index (χ2v) is 17.3. The highest BCUT2D eigenvalue weighted by Gasteiger charge is 2.52. The van der Waals surface area contributed by atoms with E-state index in [0.717, 1.165) is 12.2 Å². The number of rotatable bonds is 5. The van der Waals surface area contributed by atoms with Crippen LogP contribution in [0.5, 0.6) is 0 Å². The van der Waals surface area contributed by atoms with Crippen molar-refractivity contribution in [1.29, 1.82) is 0 Å². The van der Waals surface area contributed by atoms with Crippen LogP contribution in [0.3, 0.4) is 0 Å². The molecular weight excluding hydrogens is 328 g/mol. The highest BCUT2D eigenvalue weighted by atomic mass is 28.4. The first-order valence-electron chi connectivity index (χ1n) is 8.82. The molecule has 0 unspecified atom stereocenters. The Hall–Kier alpha value is -1.37. The predicted molar refractivity (Wildman–Crippen MR) is 106 cm³/mol. The van der Waals surface area contributed by atoms with E-state index < -0.39 is 16.4 Å². The van der Waals surface area contributed by atoms with Crippen molar-refractivity contribution in [2.24, 2.45) is 0 Å². The molecule has 2 nitrogen and oxygen atoms in total. The van der Waals surface area contributed by atoms with E-state index in [9.17, 15) is 0 Å². The summed E-state index contributed by atoms with van der Waals surface area (Å²) in [5, 5.41) is 3.48. The zero-order valence-corrected chi connectivity index (χ0v) is 17.3. The van der Waals surface area contributed by atoms with E-state index >= 15 is 0 Å². The van der Waals surface area contributed by atoms with Crippen LogP contribution in [-0.2, 0) is 15.6 Å². The topological polar surface area (TPSA) is 18.5 Å². The third kappa shape index (κ3) is 2.57. The first kappa shape index (κ1) is 16.1. The van der Waals surface area contributed by atoms with Crippen LogP contribution in [0.4, 0.5) is 0 Å². The Morgan fingerprint density at radius 3 is 2.71 bits per heavy atom. The Kier molecular flexibility index (Phi) is 3.57. The number of ether oxygens (including phenoxy) is 1. The fourth-order valence-electron chi connectivity index (χ4n) is 3.94. The molecule has 24 heavy (non-hydrogen) atoms. The minimum absolute atomic E-state index is 0.363. The van der Waals surface area contributed by atoms with Crippen LogP contribution in [-0.4, -0.2) is 23.2 Å². The minimum atomic E-state index is -1.54. The molecule has 0 fully saturated rings. The normalized spacial score (nSPS) is 20.5. The monoisotopic (exact) mass is 354 g/mol. The summed E-state index contributed by atoms with van der Waals surface area (Å²) in [4.78, 5) is 0. The summed E-state index contributed by atoms with van der Waals surface area (Å²) < 4.78 is 11.9. The van der Waals surface area contributed by atoms with Gasteiger partial charge in [-0.15, -0.1) is 0 Å². The van der Waals surface area contributed by atoms with Gasteiger partial charge in [0, 0.05) is 5.57 Å². The Bertz CT molecular complexity index is 807. The van der Waals surface area contributed by atoms with E-state index in [2.05, 4.69) is 63.1 Å². The highest BCUT2D eigenvalue weighted by molar-refractivity contribution is 7.13. The fourth-order valence-corrected chi connectivity index (χ4v) is 7.96. The highest BCUT2D eigenvalue weighted by Crippen LogP contribution is 2.58. The fraction of sp³-hybridized carbons (Fsp3) is 0.400. The van der Waals surface area contributed by atoms with Gasteiger partial charge < -0.3 is 9.16 Å². The summed E-state index contributed by atoms with van der Waals surface area (Å²) >= 11 is 0. The number of hydrogen-bond donors (Lipinski definition) is 0. The van der Waals surface area contributed by atoms with Crippen LogP contribution >= 0.6 is 0 Å². The van der Waals surface area contributed by atoms with Crippen LogP contribution in [0.15, 0.2) is 41.3 Å². The standard InChI is InChI=1S/C20H26O2Si2/c1-23(2,3)22-13-21-17-11-7-9-15(17)16-10-6-8-14-12-18-20(19(14)16)24(18,4)5/h6-8,10-11H,9,12-13H2,1-5H3. The minimum Gasteiger partial charge on any atom is -0.468 e. The van der Waals surface area contributed by atoms with Gasteiger partial charge in [0.15, 0.2) is 15.1 Å². The zero-order valence-electron chi connectivity index (χ0n) is 15.3. The smallest absolute Gasteiger partial charge is 0.188 e. The van der Waals surface area contributed by atoms with Crippen molar-refractivity contribution in [3.8, 4) is 0 Å². The van der Waals surface area contributed by atoms with Crippen molar-refractivity contribution in [1.82, 2.24) is 0 Å². The number of fused-ring (bicyclic) bond motifs is 2. The predicted octanol–water partition coefficient (Wildman–Crippen LogP) is 5.29. The third-order valence-electron chi connectivity index (χ3n) is 5.31. The summed E-state index contributed by atoms with van der Waals surface area (Å²) in [6, 6.07) is 6.78. The lowest BCUT2D eigenvalue weighted by molar-refractivity contribution is 0.0628. The maximum absolute atomic E-state index is 6.01. The quantitative estimate of drug-likeness (QED) is 0.528. The Labute approximate surface area is 147 Å². The van der Waals surface area contributed by atoms with Gasteiger partial charge in [-0.1, -0.05) is 47.8 Å². The van der Waals surface area contributed by atoms with Crippen molar-refractivity contribution in [2.75, 3.05) is 6.79 Å². The van der Waals surface area contributed by atoms with Gasteiger partial charge in [0.25, 0.3) is 0 Å². The third-order valence-corrected chi connectivity index (χ3v) is 9.78. The van der Waals surface area contributed by atoms with E-state index in [4.69, 9.17) is 9.16 Å². The van der Waals surface area contributed by atoms with Gasteiger partial charge in [-0.3, -0.25) is 0 Å². The van der Waals surface area contributed by atoms with Crippen LogP contribution in [0.25, 0.3) is 10.8 Å². The van der Waals surface area contributed by atoms with Crippen LogP contribution in [0.1, 0.15) is 23.1 Å². The SMILES string of the molecule is C[Si](C)(C)OCOC1=C(c2cccc3c2C2=C(C3)[Si]2(C)C)CC=C1. The largest absolute Gasteiger partial charge is 0.468 e. The maximum atomic E-state index is 6.01. The van der Waals surface area contributed by atoms with E-state index in [0.29, 0.717) is 6.79 Å². The molecule has 0 bridgehead atoms. The van der Waals surface area contributed by atoms with Crippen LogP contribution < -0.4 is 0 Å². The first-order valence-corrected chi connectivity index (χ1v) is 15.2. The molecule has 3 aliphatic rings. The molecule has 1 heterocycles. The molecule has 0 N–H and O–H groups in total. The van der Waals surface area contributed by atoms with E-state index in [1.54, 1.807) is 10.4 Å². The summed E-state index contributed by atoms with van der Waals surface area (Å²) in [6.45, 7) is 11.9. The molecule has 1 aromatic carbocycles. The average molecular weight is 355 g/mol. The average Bonchev–Trinajstić information content (AvgIpc) is 2.92. The lowest BCUT2D eigenvalue weighted by Crippen LogP contribution is -2.26. The van der Waals surface area contributed by atoms with E-state index in [1.807, 2.05) is 0 Å². The van der Waals surface area contributed by atoms with Crippen LogP contribution in [0.2, 0.25) is 32.7 Å². The second kappa shape index (κ2) is 5.31. The molecule has 0 saturated heterocycles. The molecule has 0 saturated carbocycles. The molecule has 0 amide bonds. The van der Waals surface area contributed by atoms with Gasteiger partial charge in [0.05, 0.1) is 0 Å². The lowest BCUT2D eigenvalue weighted by atomic mass is 9.96. The van der Waals surface area contributed by atoms with E-state index in [1.165, 1.54) is 28.7 Å². The van der Waals surface area contributed by atoms with E-state index in [-0.39, 0.29) is 0 Å². The molecule has 4 heteroatoms. The lowest BCUT2D eigenvalue weighted by Gasteiger charge is -2.20. The number of hydrogen-bond acceptors (Lipinski definition) is 2. The van der Waals surface area contributed by atoms with Gasteiger partial charge in [-0.2, -0.15) is 0 Å². The van der Waals surface area contributed by atoms with Gasteiger partial charge in [-0.05, 0) is 55.2 Å². The summed E-state index contributed by atoms with van der Waals surface area (Å²) in [5.41, 5.74) is 5.77. The van der Waals surface area contributed by atoms with Crippen molar-refractivity contribution in [3.63, 3.8) is 0 Å². The molecule has 1 aromatic rings. The Morgan fingerprint density at radius 2 is 1.96 bits per heavy atom. The second-order valence-electron chi connectivity index (χ2n) is 8.46. The molecule has 0 spiro atoms. The molecule has 0 radical (unpaired) electrons. The molecule has 0 aromatic heterocycles. The van der Waals surface area contributed by atoms with Gasteiger partial charge >= 0.3 is 0 Å². The molecular formula is C20H26O2Si2. The van der Waals surface area contributed by atoms with Crippen molar-refractivity contribution in [3.05, 3.63) is 58.0 Å². The molecule has 0 atom stereocenters. The van der Waals surface area contributed by atoms with Crippen LogP contribution in [0, 0.1) is 0 Å². The Morgan fingerprint density at radius 1 is 1.17 bits per heavy atom. The van der Waals surface area contributed by atoms with Crippen molar-refractivity contribution in [2.45, 2.75) is 45.6 Å².